The van der Waals surface area contributed by atoms with Gasteiger partial charge in [0.1, 0.15) is 11.8 Å². The van der Waals surface area contributed by atoms with Crippen LogP contribution in [-0.4, -0.2) is 25.3 Å². The Kier molecular flexibility index (Phi) is 2.17. The Labute approximate surface area is 101 Å². The molecule has 0 aliphatic carbocycles. The monoisotopic (exact) mass is 237 g/mol. The van der Waals surface area contributed by atoms with Crippen molar-refractivity contribution >= 4 is 16.9 Å². The molecule has 86 valence electrons. The number of pyridine rings is 2. The SMILES string of the molecule is N#Cc1cccnc1/C(O)=c1\c2nccc1[nH]n2. The van der Waals surface area contributed by atoms with Crippen LogP contribution in [-0.2, 0) is 0 Å². The number of aliphatic hydroxyl groups excluding tert-OH is 1. The van der Waals surface area contributed by atoms with Gasteiger partial charge in [-0.1, -0.05) is 0 Å². The van der Waals surface area contributed by atoms with E-state index in [2.05, 4.69) is 20.2 Å². The lowest BCUT2D eigenvalue weighted by molar-refractivity contribution is 0.505. The number of aromatic nitrogens is 4. The van der Waals surface area contributed by atoms with E-state index in [9.17, 15) is 5.11 Å². The minimum Gasteiger partial charge on any atom is -0.505 e. The third-order valence-electron chi connectivity index (χ3n) is 2.60. The maximum atomic E-state index is 10.3. The van der Waals surface area contributed by atoms with Gasteiger partial charge in [0.2, 0.25) is 0 Å². The lowest BCUT2D eigenvalue weighted by Gasteiger charge is -2.00. The van der Waals surface area contributed by atoms with Gasteiger partial charge in [-0.25, -0.2) is 4.98 Å². The summed E-state index contributed by atoms with van der Waals surface area (Å²) in [6.45, 7) is 0. The number of nitriles is 1. The van der Waals surface area contributed by atoms with E-state index in [1.807, 2.05) is 6.07 Å². The van der Waals surface area contributed by atoms with Gasteiger partial charge in [0, 0.05) is 12.4 Å². The highest BCUT2D eigenvalue weighted by atomic mass is 16.3. The highest BCUT2D eigenvalue weighted by Gasteiger charge is 2.12. The summed E-state index contributed by atoms with van der Waals surface area (Å²) in [6, 6.07) is 6.92. The average Bonchev–Trinajstić information content (AvgIpc) is 2.67. The van der Waals surface area contributed by atoms with Crippen molar-refractivity contribution in [2.24, 2.45) is 0 Å². The number of nitrogens with one attached hydrogen (secondary N) is 1. The van der Waals surface area contributed by atoms with Crippen molar-refractivity contribution in [1.29, 1.82) is 5.26 Å². The van der Waals surface area contributed by atoms with Crippen molar-refractivity contribution in [3.8, 4) is 6.07 Å². The van der Waals surface area contributed by atoms with Crippen molar-refractivity contribution in [1.82, 2.24) is 20.2 Å². The second-order valence-electron chi connectivity index (χ2n) is 3.64. The molecular weight excluding hydrogens is 230 g/mol. The normalized spacial score (nSPS) is 12.4. The topological polar surface area (TPSA) is 98.5 Å². The molecule has 0 aliphatic rings. The summed E-state index contributed by atoms with van der Waals surface area (Å²) in [5.41, 5.74) is 1.57. The molecule has 3 heterocycles. The van der Waals surface area contributed by atoms with Crippen molar-refractivity contribution < 1.29 is 5.11 Å². The van der Waals surface area contributed by atoms with E-state index in [-0.39, 0.29) is 11.5 Å². The summed E-state index contributed by atoms with van der Waals surface area (Å²) in [5.74, 6) is -0.0981. The van der Waals surface area contributed by atoms with Crippen molar-refractivity contribution in [2.45, 2.75) is 0 Å². The zero-order valence-electron chi connectivity index (χ0n) is 9.12. The Morgan fingerprint density at radius 1 is 1.28 bits per heavy atom. The fourth-order valence-corrected chi connectivity index (χ4v) is 1.78. The summed E-state index contributed by atoms with van der Waals surface area (Å²) in [4.78, 5) is 8.06. The van der Waals surface area contributed by atoms with Crippen LogP contribution in [0, 0.1) is 11.3 Å². The molecule has 0 saturated heterocycles. The van der Waals surface area contributed by atoms with Crippen LogP contribution in [0.2, 0.25) is 0 Å². The molecule has 0 fully saturated rings. The van der Waals surface area contributed by atoms with E-state index in [0.717, 1.165) is 0 Å². The molecule has 0 aromatic carbocycles. The molecule has 3 aromatic heterocycles. The van der Waals surface area contributed by atoms with Gasteiger partial charge in [0.05, 0.1) is 16.3 Å². The largest absolute Gasteiger partial charge is 0.505 e. The third-order valence-corrected chi connectivity index (χ3v) is 2.60. The number of nitrogens with zero attached hydrogens (tertiary/aromatic N) is 4. The highest BCUT2D eigenvalue weighted by molar-refractivity contribution is 5.72. The maximum Gasteiger partial charge on any atom is 0.185 e. The molecular formula is C12H7N5O. The number of fused-ring (bicyclic) bond motifs is 2. The molecule has 2 bridgehead atoms. The molecule has 3 rings (SSSR count). The first kappa shape index (κ1) is 10.2. The first-order valence-electron chi connectivity index (χ1n) is 5.19. The molecule has 0 aliphatic heterocycles. The zero-order chi connectivity index (χ0) is 12.5. The van der Waals surface area contributed by atoms with Gasteiger partial charge in [-0.15, -0.1) is 0 Å². The van der Waals surface area contributed by atoms with E-state index in [1.54, 1.807) is 24.4 Å². The minimum atomic E-state index is -0.0981. The fraction of sp³-hybridized carbons (Fsp3) is 0. The molecule has 0 unspecified atom stereocenters. The minimum absolute atomic E-state index is 0.0981. The Bertz CT molecular complexity index is 772. The molecule has 0 saturated carbocycles. The average molecular weight is 237 g/mol. The fourth-order valence-electron chi connectivity index (χ4n) is 1.78. The van der Waals surface area contributed by atoms with Crippen molar-refractivity contribution in [3.05, 3.63) is 47.1 Å². The number of hydrogen-bond donors (Lipinski definition) is 2. The smallest absolute Gasteiger partial charge is 0.185 e. The highest BCUT2D eigenvalue weighted by Crippen LogP contribution is 2.12. The summed E-state index contributed by atoms with van der Waals surface area (Å²) in [5, 5.41) is 26.4. The van der Waals surface area contributed by atoms with Gasteiger partial charge >= 0.3 is 0 Å². The predicted molar refractivity (Wildman–Crippen MR) is 63.2 cm³/mol. The van der Waals surface area contributed by atoms with E-state index >= 15 is 0 Å². The maximum absolute atomic E-state index is 10.3. The molecule has 3 aromatic rings. The van der Waals surface area contributed by atoms with Crippen LogP contribution < -0.4 is 5.22 Å². The predicted octanol–water partition coefficient (Wildman–Crippen LogP) is 0.658. The Morgan fingerprint density at radius 2 is 2.17 bits per heavy atom. The van der Waals surface area contributed by atoms with Crippen LogP contribution >= 0.6 is 0 Å². The Hall–Kier alpha value is -2.94. The Balaban J connectivity index is 2.41. The van der Waals surface area contributed by atoms with Crippen LogP contribution in [0.1, 0.15) is 11.3 Å². The van der Waals surface area contributed by atoms with Gasteiger partial charge < -0.3 is 5.11 Å². The number of H-pyrrole nitrogens is 1. The van der Waals surface area contributed by atoms with Gasteiger partial charge in [0.25, 0.3) is 0 Å². The molecule has 0 spiro atoms. The molecule has 18 heavy (non-hydrogen) atoms. The van der Waals surface area contributed by atoms with Gasteiger partial charge in [-0.3, -0.25) is 10.1 Å². The van der Waals surface area contributed by atoms with Crippen LogP contribution in [0.5, 0.6) is 0 Å². The number of hydrogen-bond acceptors (Lipinski definition) is 5. The summed E-state index contributed by atoms with van der Waals surface area (Å²) < 4.78 is 0. The second-order valence-corrected chi connectivity index (χ2v) is 3.64. The van der Waals surface area contributed by atoms with Gasteiger partial charge in [-0.2, -0.15) is 10.4 Å². The molecule has 0 atom stereocenters. The molecule has 0 amide bonds. The molecule has 6 heteroatoms. The van der Waals surface area contributed by atoms with Crippen LogP contribution in [0.3, 0.4) is 0 Å². The summed E-state index contributed by atoms with van der Waals surface area (Å²) in [7, 11) is 0. The van der Waals surface area contributed by atoms with Crippen molar-refractivity contribution in [2.75, 3.05) is 0 Å². The summed E-state index contributed by atoms with van der Waals surface area (Å²) in [6.07, 6.45) is 3.11. The molecule has 6 nitrogen and oxygen atoms in total. The number of rotatable bonds is 1. The van der Waals surface area contributed by atoms with Crippen molar-refractivity contribution in [3.63, 3.8) is 0 Å². The quantitative estimate of drug-likeness (QED) is 0.647. The first-order valence-corrected chi connectivity index (χ1v) is 5.19. The van der Waals surface area contributed by atoms with Gasteiger partial charge in [-0.05, 0) is 18.2 Å². The van der Waals surface area contributed by atoms with Crippen LogP contribution in [0.4, 0.5) is 0 Å². The van der Waals surface area contributed by atoms with E-state index < -0.39 is 0 Å². The molecule has 2 N–H and O–H groups in total. The van der Waals surface area contributed by atoms with E-state index in [4.69, 9.17) is 5.26 Å². The Morgan fingerprint density at radius 3 is 2.94 bits per heavy atom. The van der Waals surface area contributed by atoms with Crippen LogP contribution in [0.15, 0.2) is 30.6 Å². The lowest BCUT2D eigenvalue weighted by Crippen LogP contribution is -2.10. The molecule has 0 radical (unpaired) electrons. The number of aliphatic hydroxyl groups is 1. The zero-order valence-corrected chi connectivity index (χ0v) is 9.12. The van der Waals surface area contributed by atoms with E-state index in [1.165, 1.54) is 6.20 Å². The first-order chi connectivity index (χ1) is 8.81. The van der Waals surface area contributed by atoms with Crippen LogP contribution in [0.25, 0.3) is 16.9 Å². The standard InChI is InChI=1S/C12H7N5O/c13-6-7-2-1-4-14-10(7)11(18)9-8-3-5-15-12(9)17-16-8/h1-5,16,18H/b11-9+. The second kappa shape index (κ2) is 3.82. The number of aromatic amines is 1. The van der Waals surface area contributed by atoms with Gasteiger partial charge in [0.15, 0.2) is 11.4 Å². The summed E-state index contributed by atoms with van der Waals surface area (Å²) >= 11 is 0. The third kappa shape index (κ3) is 1.38. The lowest BCUT2D eigenvalue weighted by atomic mass is 10.1. The van der Waals surface area contributed by atoms with E-state index in [0.29, 0.717) is 21.9 Å².